The third-order valence-electron chi connectivity index (χ3n) is 8.45. The summed E-state index contributed by atoms with van der Waals surface area (Å²) in [6.45, 7) is 0. The summed E-state index contributed by atoms with van der Waals surface area (Å²) in [6, 6.07) is 4.25. The predicted octanol–water partition coefficient (Wildman–Crippen LogP) is 3.20. The Morgan fingerprint density at radius 2 is 1.65 bits per heavy atom. The molecule has 2 aromatic heterocycles. The lowest BCUT2D eigenvalue weighted by atomic mass is 9.67. The first-order chi connectivity index (χ1) is 17.8. The van der Waals surface area contributed by atoms with Crippen LogP contribution in [0.25, 0.3) is 0 Å². The van der Waals surface area contributed by atoms with Crippen molar-refractivity contribution in [3.05, 3.63) is 24.0 Å². The molecule has 2 aromatic rings. The van der Waals surface area contributed by atoms with E-state index < -0.39 is 9.84 Å². The van der Waals surface area contributed by atoms with Crippen molar-refractivity contribution < 1.29 is 13.2 Å². The molecule has 0 unspecified atom stereocenters. The fraction of sp³-hybridized carbons (Fsp3) is 0.680. The molecule has 4 aliphatic rings. The predicted molar refractivity (Wildman–Crippen MR) is 141 cm³/mol. The Labute approximate surface area is 217 Å². The Balaban J connectivity index is 0.923. The number of aromatic amines is 1. The maximum absolute atomic E-state index is 12.4. The minimum atomic E-state index is -2.82. The Hall–Kier alpha value is -2.89. The summed E-state index contributed by atoms with van der Waals surface area (Å²) < 4.78 is 22.9. The van der Waals surface area contributed by atoms with Crippen molar-refractivity contribution in [1.29, 1.82) is 0 Å². The maximum Gasteiger partial charge on any atom is 0.315 e. The molecule has 1 saturated heterocycles. The molecule has 4 fully saturated rings. The zero-order valence-corrected chi connectivity index (χ0v) is 21.8. The van der Waals surface area contributed by atoms with Crippen LogP contribution in [0.4, 0.5) is 22.4 Å². The largest absolute Gasteiger partial charge is 0.351 e. The zero-order chi connectivity index (χ0) is 25.5. The molecule has 11 nitrogen and oxygen atoms in total. The molecule has 12 heteroatoms. The van der Waals surface area contributed by atoms with E-state index in [1.807, 2.05) is 6.07 Å². The van der Waals surface area contributed by atoms with Crippen LogP contribution in [-0.4, -0.2) is 64.2 Å². The number of hydrogen-bond donors (Lipinski definition) is 5. The van der Waals surface area contributed by atoms with Crippen LogP contribution in [0.15, 0.2) is 18.3 Å². The van der Waals surface area contributed by atoms with Gasteiger partial charge in [-0.2, -0.15) is 10.1 Å². The van der Waals surface area contributed by atoms with Crippen molar-refractivity contribution in [3.8, 4) is 0 Å². The Kier molecular flexibility index (Phi) is 6.46. The van der Waals surface area contributed by atoms with E-state index >= 15 is 0 Å². The van der Waals surface area contributed by atoms with Crippen molar-refractivity contribution in [3.63, 3.8) is 0 Å². The molecular formula is C25H36N8O3S. The van der Waals surface area contributed by atoms with Gasteiger partial charge in [-0.15, -0.1) is 0 Å². The van der Waals surface area contributed by atoms with Crippen molar-refractivity contribution in [2.24, 2.45) is 5.41 Å². The van der Waals surface area contributed by atoms with Gasteiger partial charge in [-0.25, -0.2) is 18.2 Å². The first kappa shape index (κ1) is 24.4. The van der Waals surface area contributed by atoms with Crippen molar-refractivity contribution in [2.75, 3.05) is 22.1 Å². The molecule has 0 aromatic carbocycles. The van der Waals surface area contributed by atoms with Crippen LogP contribution in [0, 0.1) is 5.41 Å². The number of nitrogens with zero attached hydrogens (tertiary/aromatic N) is 3. The molecule has 3 heterocycles. The van der Waals surface area contributed by atoms with E-state index in [0.717, 1.165) is 44.3 Å². The van der Waals surface area contributed by atoms with E-state index in [-0.39, 0.29) is 41.1 Å². The van der Waals surface area contributed by atoms with Crippen LogP contribution >= 0.6 is 0 Å². The standard InChI is InChI=1S/C25H36N8O3S/c34-24(29-19-12-25(13-19)14-37(35,36)15-25)28-18-7-5-17(6-8-18)27-23-26-10-9-21(31-23)30-22-11-20(32-33-22)16-3-1-2-4-16/h9-11,16-19H,1-8,12-15H2,(H2,28,29,34)(H3,26,27,30,31,32,33). The molecule has 1 aliphatic heterocycles. The highest BCUT2D eigenvalue weighted by atomic mass is 32.2. The molecule has 2 amide bonds. The minimum absolute atomic E-state index is 0.0635. The van der Waals surface area contributed by atoms with E-state index in [0.29, 0.717) is 17.7 Å². The first-order valence-electron chi connectivity index (χ1n) is 13.5. The van der Waals surface area contributed by atoms with Crippen LogP contribution in [-0.2, 0) is 9.84 Å². The minimum Gasteiger partial charge on any atom is -0.351 e. The SMILES string of the molecule is O=C(NC1CCC(Nc2nccc(Nc3cc(C4CCCC4)[nH]n3)n2)CC1)NC1CC2(C1)CS(=O)(=O)C2. The van der Waals surface area contributed by atoms with Crippen LogP contribution in [0.1, 0.15) is 75.8 Å². The number of anilines is 3. The number of carbonyl (C=O) groups is 1. The smallest absolute Gasteiger partial charge is 0.315 e. The van der Waals surface area contributed by atoms with Gasteiger partial charge in [0.2, 0.25) is 5.95 Å². The molecule has 3 aliphatic carbocycles. The number of aromatic nitrogens is 4. The van der Waals surface area contributed by atoms with Gasteiger partial charge >= 0.3 is 6.03 Å². The summed E-state index contributed by atoms with van der Waals surface area (Å²) in [7, 11) is -2.82. The van der Waals surface area contributed by atoms with Gasteiger partial charge in [0.05, 0.1) is 11.5 Å². The second-order valence-corrected chi connectivity index (χ2v) is 13.6. The van der Waals surface area contributed by atoms with Gasteiger partial charge < -0.3 is 21.3 Å². The molecule has 5 N–H and O–H groups in total. The fourth-order valence-electron chi connectivity index (χ4n) is 6.67. The molecule has 37 heavy (non-hydrogen) atoms. The molecule has 3 saturated carbocycles. The van der Waals surface area contributed by atoms with Gasteiger partial charge in [-0.1, -0.05) is 12.8 Å². The first-order valence-corrected chi connectivity index (χ1v) is 15.3. The van der Waals surface area contributed by atoms with Crippen molar-refractivity contribution in [1.82, 2.24) is 30.8 Å². The van der Waals surface area contributed by atoms with E-state index in [9.17, 15) is 13.2 Å². The van der Waals surface area contributed by atoms with Crippen LogP contribution < -0.4 is 21.3 Å². The second kappa shape index (κ2) is 9.77. The van der Waals surface area contributed by atoms with E-state index in [1.54, 1.807) is 6.20 Å². The van der Waals surface area contributed by atoms with Gasteiger partial charge in [0.25, 0.3) is 0 Å². The van der Waals surface area contributed by atoms with Gasteiger partial charge in [-0.3, -0.25) is 5.10 Å². The fourth-order valence-corrected chi connectivity index (χ4v) is 8.92. The number of rotatable bonds is 7. The normalized spacial score (nSPS) is 26.7. The number of urea groups is 1. The lowest BCUT2D eigenvalue weighted by Crippen LogP contribution is -2.63. The lowest BCUT2D eigenvalue weighted by Gasteiger charge is -2.53. The van der Waals surface area contributed by atoms with Crippen LogP contribution in [0.5, 0.6) is 0 Å². The average Bonchev–Trinajstić information content (AvgIpc) is 3.50. The van der Waals surface area contributed by atoms with Gasteiger partial charge in [0.1, 0.15) is 5.82 Å². The highest BCUT2D eigenvalue weighted by molar-refractivity contribution is 7.92. The average molecular weight is 529 g/mol. The third-order valence-corrected chi connectivity index (χ3v) is 10.6. The molecule has 0 atom stereocenters. The highest BCUT2D eigenvalue weighted by Gasteiger charge is 2.56. The van der Waals surface area contributed by atoms with E-state index in [1.165, 1.54) is 31.4 Å². The monoisotopic (exact) mass is 528 g/mol. The lowest BCUT2D eigenvalue weighted by molar-refractivity contribution is 0.118. The summed E-state index contributed by atoms with van der Waals surface area (Å²) >= 11 is 0. The van der Waals surface area contributed by atoms with E-state index in [2.05, 4.69) is 47.5 Å². The van der Waals surface area contributed by atoms with Gasteiger partial charge in [0.15, 0.2) is 15.7 Å². The number of nitrogens with one attached hydrogen (secondary N) is 5. The number of hydrogen-bond acceptors (Lipinski definition) is 8. The van der Waals surface area contributed by atoms with Gasteiger partial charge in [-0.05, 0) is 57.4 Å². The zero-order valence-electron chi connectivity index (χ0n) is 21.0. The maximum atomic E-state index is 12.4. The Morgan fingerprint density at radius 3 is 2.38 bits per heavy atom. The quantitative estimate of drug-likeness (QED) is 0.367. The summed E-state index contributed by atoms with van der Waals surface area (Å²) in [4.78, 5) is 21.4. The molecule has 6 rings (SSSR count). The summed E-state index contributed by atoms with van der Waals surface area (Å²) in [5.41, 5.74) is 1.13. The molecule has 200 valence electrons. The van der Waals surface area contributed by atoms with E-state index in [4.69, 9.17) is 0 Å². The number of H-pyrrole nitrogens is 1. The van der Waals surface area contributed by atoms with Crippen molar-refractivity contribution >= 4 is 33.5 Å². The number of sulfone groups is 1. The van der Waals surface area contributed by atoms with Gasteiger partial charge in [0, 0.05) is 47.4 Å². The number of carbonyl (C=O) groups excluding carboxylic acids is 1. The Morgan fingerprint density at radius 1 is 0.946 bits per heavy atom. The summed E-state index contributed by atoms with van der Waals surface area (Å²) in [6.07, 6.45) is 11.9. The molecule has 0 radical (unpaired) electrons. The number of amides is 2. The third kappa shape index (κ3) is 5.68. The van der Waals surface area contributed by atoms with Crippen molar-refractivity contribution in [2.45, 2.75) is 88.3 Å². The second-order valence-electron chi connectivity index (χ2n) is 11.5. The van der Waals surface area contributed by atoms with Crippen LogP contribution in [0.2, 0.25) is 0 Å². The molecule has 0 bridgehead atoms. The Bertz CT molecular complexity index is 1210. The molecular weight excluding hydrogens is 492 g/mol. The topological polar surface area (TPSA) is 154 Å². The summed E-state index contributed by atoms with van der Waals surface area (Å²) in [5.74, 6) is 3.20. The summed E-state index contributed by atoms with van der Waals surface area (Å²) in [5, 5.41) is 20.4. The highest BCUT2D eigenvalue weighted by Crippen LogP contribution is 2.49. The molecule has 1 spiro atoms. The van der Waals surface area contributed by atoms with Crippen LogP contribution in [0.3, 0.4) is 0 Å².